The molecule has 3 heterocycles. The minimum Gasteiger partial charge on any atom is -0.376 e. The summed E-state index contributed by atoms with van der Waals surface area (Å²) in [5.74, 6) is -1.06. The van der Waals surface area contributed by atoms with Crippen LogP contribution < -0.4 is 5.32 Å². The molecule has 2 amide bonds. The summed E-state index contributed by atoms with van der Waals surface area (Å²) in [5.41, 5.74) is 2.66. The van der Waals surface area contributed by atoms with Crippen molar-refractivity contribution in [2.45, 2.75) is 31.5 Å². The molecule has 0 saturated carbocycles. The second-order valence-corrected chi connectivity index (χ2v) is 10.0. The fraction of sp³-hybridized carbons (Fsp3) is 0.241. The topological polar surface area (TPSA) is 74.4 Å². The van der Waals surface area contributed by atoms with Gasteiger partial charge < -0.3 is 19.9 Å². The van der Waals surface area contributed by atoms with Crippen LogP contribution in [0.4, 0.5) is 4.39 Å². The van der Waals surface area contributed by atoms with E-state index in [1.54, 1.807) is 23.1 Å². The molecule has 1 aliphatic heterocycles. The van der Waals surface area contributed by atoms with E-state index in [0.29, 0.717) is 24.4 Å². The van der Waals surface area contributed by atoms with Crippen LogP contribution in [-0.2, 0) is 16.1 Å². The summed E-state index contributed by atoms with van der Waals surface area (Å²) in [6.45, 7) is 1.27. The van der Waals surface area contributed by atoms with Crippen LogP contribution >= 0.6 is 11.3 Å². The number of rotatable bonds is 9. The van der Waals surface area contributed by atoms with E-state index in [0.717, 1.165) is 29.0 Å². The molecular weight excluding hydrogens is 489 g/mol. The predicted octanol–water partition coefficient (Wildman–Crippen LogP) is 5.56. The van der Waals surface area contributed by atoms with Gasteiger partial charge in [-0.05, 0) is 59.7 Å². The number of amides is 2. The Morgan fingerprint density at radius 1 is 1.05 bits per heavy atom. The zero-order valence-electron chi connectivity index (χ0n) is 20.2. The lowest BCUT2D eigenvalue weighted by Gasteiger charge is -2.31. The van der Waals surface area contributed by atoms with Crippen LogP contribution in [0, 0.1) is 5.82 Å². The molecule has 6 nitrogen and oxygen atoms in total. The normalized spacial score (nSPS) is 15.9. The van der Waals surface area contributed by atoms with Crippen LogP contribution in [0.25, 0.3) is 11.3 Å². The summed E-state index contributed by atoms with van der Waals surface area (Å²) in [6.07, 6.45) is 1.79. The van der Waals surface area contributed by atoms with Crippen molar-refractivity contribution in [1.29, 1.82) is 0 Å². The molecule has 0 spiro atoms. The Bertz CT molecular complexity index is 1320. The smallest absolute Gasteiger partial charge is 0.271 e. The van der Waals surface area contributed by atoms with E-state index >= 15 is 0 Å². The van der Waals surface area contributed by atoms with Gasteiger partial charge in [-0.15, -0.1) is 11.3 Å². The highest BCUT2D eigenvalue weighted by Crippen LogP contribution is 2.28. The van der Waals surface area contributed by atoms with E-state index in [9.17, 15) is 14.0 Å². The zero-order valence-corrected chi connectivity index (χ0v) is 21.0. The van der Waals surface area contributed by atoms with Crippen molar-refractivity contribution in [3.05, 3.63) is 106 Å². The summed E-state index contributed by atoms with van der Waals surface area (Å²) in [6, 6.07) is 21.9. The van der Waals surface area contributed by atoms with Crippen LogP contribution in [0.3, 0.4) is 0 Å². The predicted molar refractivity (Wildman–Crippen MR) is 142 cm³/mol. The maximum atomic E-state index is 14.0. The fourth-order valence-corrected chi connectivity index (χ4v) is 5.25. The molecule has 1 saturated heterocycles. The summed E-state index contributed by atoms with van der Waals surface area (Å²) in [4.78, 5) is 33.3. The molecule has 1 fully saturated rings. The van der Waals surface area contributed by atoms with Gasteiger partial charge in [0.25, 0.3) is 5.91 Å². The molecule has 8 heteroatoms. The number of nitrogens with zero attached hydrogens (tertiary/aromatic N) is 1. The largest absolute Gasteiger partial charge is 0.376 e. The monoisotopic (exact) mass is 517 g/mol. The van der Waals surface area contributed by atoms with Gasteiger partial charge in [-0.3, -0.25) is 9.59 Å². The van der Waals surface area contributed by atoms with Gasteiger partial charge in [0, 0.05) is 23.7 Å². The Labute approximate surface area is 219 Å². The van der Waals surface area contributed by atoms with E-state index in [1.807, 2.05) is 53.9 Å². The first-order valence-corrected chi connectivity index (χ1v) is 13.2. The first kappa shape index (κ1) is 24.9. The van der Waals surface area contributed by atoms with Crippen molar-refractivity contribution in [3.8, 4) is 11.3 Å². The molecule has 37 heavy (non-hydrogen) atoms. The molecule has 0 bridgehead atoms. The van der Waals surface area contributed by atoms with Crippen molar-refractivity contribution in [3.63, 3.8) is 0 Å². The number of ether oxygens (including phenoxy) is 1. The minimum atomic E-state index is -0.958. The minimum absolute atomic E-state index is 0.0453. The van der Waals surface area contributed by atoms with Crippen molar-refractivity contribution in [1.82, 2.24) is 15.2 Å². The molecular formula is C29H28FN3O3S. The molecule has 2 N–H and O–H groups in total. The van der Waals surface area contributed by atoms with Crippen LogP contribution in [0.2, 0.25) is 0 Å². The molecule has 2 aromatic heterocycles. The van der Waals surface area contributed by atoms with E-state index < -0.39 is 11.9 Å². The van der Waals surface area contributed by atoms with Crippen LogP contribution in [0.5, 0.6) is 0 Å². The average Bonchev–Trinajstić information content (AvgIpc) is 3.72. The second kappa shape index (κ2) is 11.5. The zero-order chi connectivity index (χ0) is 25.6. The van der Waals surface area contributed by atoms with Gasteiger partial charge >= 0.3 is 0 Å². The van der Waals surface area contributed by atoms with E-state index in [2.05, 4.69) is 10.3 Å². The van der Waals surface area contributed by atoms with E-state index in [1.165, 1.54) is 23.5 Å². The van der Waals surface area contributed by atoms with Crippen molar-refractivity contribution in [2.75, 3.05) is 13.2 Å². The number of thiophene rings is 1. The van der Waals surface area contributed by atoms with Gasteiger partial charge in [0.2, 0.25) is 5.91 Å². The molecule has 2 aromatic carbocycles. The quantitative estimate of drug-likeness (QED) is 0.305. The Kier molecular flexibility index (Phi) is 7.77. The van der Waals surface area contributed by atoms with Gasteiger partial charge in [-0.2, -0.15) is 0 Å². The molecule has 0 aliphatic carbocycles. The lowest BCUT2D eigenvalue weighted by Crippen LogP contribution is -2.45. The van der Waals surface area contributed by atoms with Gasteiger partial charge in [0.15, 0.2) is 0 Å². The van der Waals surface area contributed by atoms with Crippen molar-refractivity contribution < 1.29 is 18.7 Å². The highest BCUT2D eigenvalue weighted by molar-refractivity contribution is 7.09. The standard InChI is InChI=1S/C29H28FN3O3S/c30-22-12-10-21(11-13-22)27(28(34)31-18-23-8-4-16-36-23)33(19-24-9-5-17-37-24)29(35)26-15-14-25(32-26)20-6-2-1-3-7-20/h1-3,5-7,9-15,17,23,27,32H,4,8,16,18-19H2,(H,31,34). The average molecular weight is 518 g/mol. The van der Waals surface area contributed by atoms with E-state index in [4.69, 9.17) is 4.74 Å². The summed E-state index contributed by atoms with van der Waals surface area (Å²) in [5, 5.41) is 4.91. The Morgan fingerprint density at radius 3 is 2.57 bits per heavy atom. The molecule has 2 unspecified atom stereocenters. The maximum absolute atomic E-state index is 14.0. The molecule has 0 radical (unpaired) electrons. The third-order valence-electron chi connectivity index (χ3n) is 6.44. The van der Waals surface area contributed by atoms with Gasteiger partial charge in [-0.25, -0.2) is 4.39 Å². The third kappa shape index (κ3) is 5.98. The Balaban J connectivity index is 1.49. The van der Waals surface area contributed by atoms with Crippen LogP contribution in [0.15, 0.2) is 84.2 Å². The van der Waals surface area contributed by atoms with Crippen molar-refractivity contribution in [2.24, 2.45) is 0 Å². The SMILES string of the molecule is O=C(NCC1CCCO1)C(c1ccc(F)cc1)N(Cc1cccs1)C(=O)c1ccc(-c2ccccc2)[nH]1. The number of hydrogen-bond acceptors (Lipinski definition) is 4. The Hall–Kier alpha value is -3.75. The third-order valence-corrected chi connectivity index (χ3v) is 7.30. The number of aromatic nitrogens is 1. The number of aromatic amines is 1. The van der Waals surface area contributed by atoms with Crippen molar-refractivity contribution >= 4 is 23.2 Å². The first-order chi connectivity index (χ1) is 18.1. The molecule has 5 rings (SSSR count). The highest BCUT2D eigenvalue weighted by atomic mass is 32.1. The molecule has 1 aliphatic rings. The highest BCUT2D eigenvalue weighted by Gasteiger charge is 2.33. The second-order valence-electron chi connectivity index (χ2n) is 9.00. The molecule has 190 valence electrons. The summed E-state index contributed by atoms with van der Waals surface area (Å²) in [7, 11) is 0. The summed E-state index contributed by atoms with van der Waals surface area (Å²) < 4.78 is 19.5. The number of halogens is 1. The lowest BCUT2D eigenvalue weighted by molar-refractivity contribution is -0.126. The number of nitrogens with one attached hydrogen (secondary N) is 2. The molecule has 2 atom stereocenters. The van der Waals surface area contributed by atoms with Gasteiger partial charge in [-0.1, -0.05) is 48.5 Å². The number of H-pyrrole nitrogens is 1. The lowest BCUT2D eigenvalue weighted by atomic mass is 10.0. The number of benzene rings is 2. The van der Waals surface area contributed by atoms with Crippen LogP contribution in [-0.4, -0.2) is 41.0 Å². The Morgan fingerprint density at radius 2 is 1.86 bits per heavy atom. The number of carbonyl (C=O) groups is 2. The number of carbonyl (C=O) groups excluding carboxylic acids is 2. The van der Waals surface area contributed by atoms with E-state index in [-0.39, 0.29) is 24.5 Å². The number of hydrogen-bond donors (Lipinski definition) is 2. The fourth-order valence-electron chi connectivity index (χ4n) is 4.55. The first-order valence-electron chi connectivity index (χ1n) is 12.3. The van der Waals surface area contributed by atoms with Gasteiger partial charge in [0.1, 0.15) is 17.6 Å². The summed E-state index contributed by atoms with van der Waals surface area (Å²) >= 11 is 1.51. The maximum Gasteiger partial charge on any atom is 0.271 e. The van der Waals surface area contributed by atoms with Gasteiger partial charge in [0.05, 0.1) is 12.6 Å². The molecule has 4 aromatic rings. The van der Waals surface area contributed by atoms with Crippen LogP contribution in [0.1, 0.15) is 39.8 Å².